The van der Waals surface area contributed by atoms with Crippen LogP contribution in [0.15, 0.2) is 57.5 Å². The highest BCUT2D eigenvalue weighted by molar-refractivity contribution is 9.10. The van der Waals surface area contributed by atoms with Gasteiger partial charge < -0.3 is 5.32 Å². The lowest BCUT2D eigenvalue weighted by Gasteiger charge is -2.30. The van der Waals surface area contributed by atoms with Crippen LogP contribution in [0.3, 0.4) is 0 Å². The fraction of sp³-hybridized carbons (Fsp3) is 0.316. The van der Waals surface area contributed by atoms with Crippen molar-refractivity contribution < 1.29 is 13.2 Å². The number of para-hydroxylation sites is 1. The van der Waals surface area contributed by atoms with Crippen LogP contribution in [0.4, 0.5) is 5.69 Å². The van der Waals surface area contributed by atoms with Crippen molar-refractivity contribution in [1.82, 2.24) is 4.31 Å². The number of amides is 1. The van der Waals surface area contributed by atoms with Crippen molar-refractivity contribution in [1.29, 1.82) is 0 Å². The lowest BCUT2D eigenvalue weighted by atomic mass is 9.97. The Labute approximate surface area is 176 Å². The van der Waals surface area contributed by atoms with Gasteiger partial charge in [-0.25, -0.2) is 12.7 Å². The number of nitrogens with zero attached hydrogens (tertiary/aromatic N) is 1. The van der Waals surface area contributed by atoms with Crippen LogP contribution in [0, 0.1) is 5.92 Å². The number of hydrogen-bond donors (Lipinski definition) is 1. The predicted octanol–water partition coefficient (Wildman–Crippen LogP) is 4.39. The van der Waals surface area contributed by atoms with E-state index in [-0.39, 0.29) is 17.6 Å². The number of halogens is 2. The molecule has 0 bridgehead atoms. The molecule has 1 aliphatic heterocycles. The summed E-state index contributed by atoms with van der Waals surface area (Å²) in [4.78, 5) is 12.5. The van der Waals surface area contributed by atoms with Crippen molar-refractivity contribution in [3.05, 3.63) is 63.0 Å². The summed E-state index contributed by atoms with van der Waals surface area (Å²) in [6.45, 7) is 0.731. The summed E-state index contributed by atoms with van der Waals surface area (Å²) in [5.41, 5.74) is 1.48. The first kappa shape index (κ1) is 20.5. The average Bonchev–Trinajstić information content (AvgIpc) is 2.63. The zero-order valence-corrected chi connectivity index (χ0v) is 18.6. The molecule has 0 unspecified atom stereocenters. The molecule has 0 atom stereocenters. The average molecular weight is 516 g/mol. The highest BCUT2D eigenvalue weighted by atomic mass is 79.9. The Morgan fingerprint density at radius 2 is 1.78 bits per heavy atom. The van der Waals surface area contributed by atoms with Crippen molar-refractivity contribution in [2.24, 2.45) is 5.92 Å². The van der Waals surface area contributed by atoms with E-state index < -0.39 is 10.0 Å². The van der Waals surface area contributed by atoms with Crippen molar-refractivity contribution in [2.75, 3.05) is 18.4 Å². The van der Waals surface area contributed by atoms with Crippen molar-refractivity contribution >= 4 is 53.5 Å². The van der Waals surface area contributed by atoms with Crippen molar-refractivity contribution in [2.45, 2.75) is 18.6 Å². The number of hydrogen-bond acceptors (Lipinski definition) is 3. The van der Waals surface area contributed by atoms with Crippen LogP contribution in [-0.2, 0) is 20.6 Å². The monoisotopic (exact) mass is 514 g/mol. The van der Waals surface area contributed by atoms with Crippen LogP contribution in [-0.4, -0.2) is 31.7 Å². The van der Waals surface area contributed by atoms with E-state index in [0.717, 1.165) is 20.2 Å². The summed E-state index contributed by atoms with van der Waals surface area (Å²) in [5, 5.41) is 2.92. The van der Waals surface area contributed by atoms with Gasteiger partial charge in [0, 0.05) is 28.0 Å². The number of sulfonamides is 1. The molecule has 144 valence electrons. The Morgan fingerprint density at radius 1 is 1.07 bits per heavy atom. The molecule has 0 saturated carbocycles. The second kappa shape index (κ2) is 8.86. The minimum atomic E-state index is -3.39. The molecule has 1 fully saturated rings. The van der Waals surface area contributed by atoms with Crippen LogP contribution in [0.2, 0.25) is 0 Å². The van der Waals surface area contributed by atoms with Gasteiger partial charge in [0.15, 0.2) is 0 Å². The standard InChI is InChI=1S/C19H20Br2N2O3S/c20-16-5-3-4-14(12-16)13-27(25,26)23-10-8-15(9-11-23)19(24)22-18-7-2-1-6-17(18)21/h1-7,12,15H,8-11,13H2,(H,22,24). The minimum Gasteiger partial charge on any atom is -0.325 e. The lowest BCUT2D eigenvalue weighted by Crippen LogP contribution is -2.41. The second-order valence-corrected chi connectivity index (χ2v) is 10.3. The summed E-state index contributed by atoms with van der Waals surface area (Å²) in [6, 6.07) is 14.8. The van der Waals surface area contributed by atoms with E-state index in [0.29, 0.717) is 25.9 Å². The molecule has 2 aromatic carbocycles. The number of anilines is 1. The minimum absolute atomic E-state index is 0.0275. The van der Waals surface area contributed by atoms with E-state index in [1.54, 1.807) is 6.07 Å². The SMILES string of the molecule is O=C(Nc1ccccc1Br)C1CCN(S(=O)(=O)Cc2cccc(Br)c2)CC1. The van der Waals surface area contributed by atoms with Gasteiger partial charge in [-0.3, -0.25) is 4.79 Å². The first-order valence-electron chi connectivity index (χ1n) is 8.63. The number of benzene rings is 2. The van der Waals surface area contributed by atoms with E-state index in [1.807, 2.05) is 42.5 Å². The zero-order valence-electron chi connectivity index (χ0n) is 14.6. The van der Waals surface area contributed by atoms with Gasteiger partial charge in [-0.05, 0) is 58.6 Å². The summed E-state index contributed by atoms with van der Waals surface area (Å²) in [5.74, 6) is -0.277. The van der Waals surface area contributed by atoms with Gasteiger partial charge in [-0.1, -0.05) is 40.2 Å². The van der Waals surface area contributed by atoms with E-state index in [4.69, 9.17) is 0 Å². The molecular formula is C19H20Br2N2O3S. The third-order valence-electron chi connectivity index (χ3n) is 4.59. The van der Waals surface area contributed by atoms with E-state index in [2.05, 4.69) is 37.2 Å². The van der Waals surface area contributed by atoms with Gasteiger partial charge in [0.1, 0.15) is 0 Å². The molecule has 1 N–H and O–H groups in total. The Bertz CT molecular complexity index is 926. The number of carbonyl (C=O) groups excluding carboxylic acids is 1. The summed E-state index contributed by atoms with van der Waals surface area (Å²) in [7, 11) is -3.39. The number of piperidine rings is 1. The molecule has 1 amide bonds. The van der Waals surface area contributed by atoms with E-state index >= 15 is 0 Å². The smallest absolute Gasteiger partial charge is 0.227 e. The summed E-state index contributed by atoms with van der Waals surface area (Å²) in [6.07, 6.45) is 1.04. The second-order valence-electron chi connectivity index (χ2n) is 6.53. The topological polar surface area (TPSA) is 66.5 Å². The first-order chi connectivity index (χ1) is 12.8. The maximum atomic E-state index is 12.7. The molecule has 0 aromatic heterocycles. The molecule has 3 rings (SSSR count). The van der Waals surface area contributed by atoms with Crippen LogP contribution in [0.25, 0.3) is 0 Å². The van der Waals surface area contributed by atoms with Gasteiger partial charge >= 0.3 is 0 Å². The van der Waals surface area contributed by atoms with Crippen LogP contribution in [0.5, 0.6) is 0 Å². The van der Waals surface area contributed by atoms with Crippen LogP contribution >= 0.6 is 31.9 Å². The fourth-order valence-electron chi connectivity index (χ4n) is 3.12. The Morgan fingerprint density at radius 3 is 2.44 bits per heavy atom. The number of nitrogens with one attached hydrogen (secondary N) is 1. The summed E-state index contributed by atoms with van der Waals surface area (Å²) < 4.78 is 28.5. The van der Waals surface area contributed by atoms with Crippen molar-refractivity contribution in [3.8, 4) is 0 Å². The molecule has 1 saturated heterocycles. The van der Waals surface area contributed by atoms with Crippen molar-refractivity contribution in [3.63, 3.8) is 0 Å². The van der Waals surface area contributed by atoms with E-state index in [1.165, 1.54) is 4.31 Å². The molecule has 0 spiro atoms. The third kappa shape index (κ3) is 5.40. The molecule has 0 aliphatic carbocycles. The van der Waals surface area contributed by atoms with Gasteiger partial charge in [0.05, 0.1) is 11.4 Å². The molecule has 1 heterocycles. The molecule has 5 nitrogen and oxygen atoms in total. The van der Waals surface area contributed by atoms with Crippen LogP contribution < -0.4 is 5.32 Å². The predicted molar refractivity (Wildman–Crippen MR) is 114 cm³/mol. The normalized spacial score (nSPS) is 16.2. The van der Waals surface area contributed by atoms with E-state index in [9.17, 15) is 13.2 Å². The first-order valence-corrected chi connectivity index (χ1v) is 11.8. The van der Waals surface area contributed by atoms with Gasteiger partial charge in [0.2, 0.25) is 15.9 Å². The highest BCUT2D eigenvalue weighted by Gasteiger charge is 2.31. The number of rotatable bonds is 5. The maximum Gasteiger partial charge on any atom is 0.227 e. The molecule has 0 radical (unpaired) electrons. The fourth-order valence-corrected chi connectivity index (χ4v) is 5.50. The molecule has 8 heteroatoms. The summed E-state index contributed by atoms with van der Waals surface area (Å²) >= 11 is 6.78. The Balaban J connectivity index is 1.58. The third-order valence-corrected chi connectivity index (χ3v) is 7.62. The quantitative estimate of drug-likeness (QED) is 0.642. The van der Waals surface area contributed by atoms with Gasteiger partial charge in [0.25, 0.3) is 0 Å². The highest BCUT2D eigenvalue weighted by Crippen LogP contribution is 2.26. The lowest BCUT2D eigenvalue weighted by molar-refractivity contribution is -0.120. The molecule has 1 aliphatic rings. The largest absolute Gasteiger partial charge is 0.325 e. The Hall–Kier alpha value is -1.22. The maximum absolute atomic E-state index is 12.7. The molecule has 2 aromatic rings. The number of carbonyl (C=O) groups is 1. The molecule has 27 heavy (non-hydrogen) atoms. The zero-order chi connectivity index (χ0) is 19.4. The van der Waals surface area contributed by atoms with Gasteiger partial charge in [-0.2, -0.15) is 0 Å². The Kier molecular flexibility index (Phi) is 6.73. The molecular weight excluding hydrogens is 496 g/mol. The van der Waals surface area contributed by atoms with Gasteiger partial charge in [-0.15, -0.1) is 0 Å². The van der Waals surface area contributed by atoms with Crippen LogP contribution in [0.1, 0.15) is 18.4 Å².